The minimum atomic E-state index is -0.262. The summed E-state index contributed by atoms with van der Waals surface area (Å²) in [5.74, 6) is 2.39. The van der Waals surface area contributed by atoms with Crippen molar-refractivity contribution in [2.24, 2.45) is 17.8 Å². The van der Waals surface area contributed by atoms with Crippen LogP contribution in [0.5, 0.6) is 0 Å². The molecule has 0 aromatic heterocycles. The Balaban J connectivity index is 1.82. The predicted octanol–water partition coefficient (Wildman–Crippen LogP) is 3.02. The van der Waals surface area contributed by atoms with E-state index in [0.717, 1.165) is 31.2 Å². The van der Waals surface area contributed by atoms with Crippen LogP contribution in [0.25, 0.3) is 0 Å². The first-order valence-corrected chi connectivity index (χ1v) is 8.34. The van der Waals surface area contributed by atoms with Crippen molar-refractivity contribution in [1.29, 1.82) is 5.26 Å². The molecule has 1 N–H and O–H groups in total. The number of hydrogen-bond donors (Lipinski definition) is 1. The van der Waals surface area contributed by atoms with Crippen molar-refractivity contribution in [3.8, 4) is 6.07 Å². The summed E-state index contributed by atoms with van der Waals surface area (Å²) in [6.07, 6.45) is 5.99. The van der Waals surface area contributed by atoms with Crippen molar-refractivity contribution in [2.75, 3.05) is 20.1 Å². The molecule has 2 aliphatic rings. The zero-order chi connectivity index (χ0) is 14.8. The molecule has 0 saturated heterocycles. The second-order valence-electron chi connectivity index (χ2n) is 7.50. The van der Waals surface area contributed by atoms with Crippen LogP contribution in [0.15, 0.2) is 0 Å². The van der Waals surface area contributed by atoms with E-state index >= 15 is 0 Å². The molecule has 0 aliphatic heterocycles. The monoisotopic (exact) mass is 277 g/mol. The van der Waals surface area contributed by atoms with Crippen molar-refractivity contribution in [2.45, 2.75) is 64.5 Å². The van der Waals surface area contributed by atoms with Gasteiger partial charge in [0.2, 0.25) is 0 Å². The minimum Gasteiger partial charge on any atom is -0.306 e. The van der Waals surface area contributed by atoms with E-state index < -0.39 is 0 Å². The van der Waals surface area contributed by atoms with Gasteiger partial charge in [-0.05, 0) is 70.9 Å². The quantitative estimate of drug-likeness (QED) is 0.777. The van der Waals surface area contributed by atoms with Crippen molar-refractivity contribution in [1.82, 2.24) is 10.2 Å². The van der Waals surface area contributed by atoms with Crippen LogP contribution in [0.2, 0.25) is 0 Å². The molecule has 2 fully saturated rings. The van der Waals surface area contributed by atoms with Gasteiger partial charge >= 0.3 is 0 Å². The maximum Gasteiger partial charge on any atom is 0.109 e. The lowest BCUT2D eigenvalue weighted by atomic mass is 9.85. The van der Waals surface area contributed by atoms with E-state index in [-0.39, 0.29) is 5.54 Å². The summed E-state index contributed by atoms with van der Waals surface area (Å²) in [5, 5.41) is 13.2. The standard InChI is InChI=1S/C17H31N3/c1-13(2)19-17(12-18)8-5-6-16(17)7-9-20(4)11-15-10-14(15)3/h13-16,19H,5-11H2,1-4H3. The Bertz CT molecular complexity index is 360. The normalized spacial score (nSPS) is 36.5. The van der Waals surface area contributed by atoms with E-state index in [4.69, 9.17) is 0 Å². The Kier molecular flexibility index (Phi) is 5.09. The van der Waals surface area contributed by atoms with Gasteiger partial charge in [-0.25, -0.2) is 0 Å². The van der Waals surface area contributed by atoms with Gasteiger partial charge in [0.05, 0.1) is 6.07 Å². The lowest BCUT2D eigenvalue weighted by molar-refractivity contribution is 0.234. The molecular weight excluding hydrogens is 246 g/mol. The van der Waals surface area contributed by atoms with Crippen LogP contribution in [0.4, 0.5) is 0 Å². The van der Waals surface area contributed by atoms with E-state index in [9.17, 15) is 5.26 Å². The summed E-state index contributed by atoms with van der Waals surface area (Å²) in [6.45, 7) is 9.02. The van der Waals surface area contributed by atoms with Crippen molar-refractivity contribution in [3.05, 3.63) is 0 Å². The maximum absolute atomic E-state index is 9.67. The smallest absolute Gasteiger partial charge is 0.109 e. The molecule has 0 heterocycles. The molecule has 2 rings (SSSR count). The van der Waals surface area contributed by atoms with E-state index in [1.165, 1.54) is 25.8 Å². The van der Waals surface area contributed by atoms with Gasteiger partial charge in [-0.3, -0.25) is 5.32 Å². The van der Waals surface area contributed by atoms with Crippen molar-refractivity contribution in [3.63, 3.8) is 0 Å². The molecule has 4 unspecified atom stereocenters. The molecule has 0 radical (unpaired) electrons. The number of nitrogens with one attached hydrogen (secondary N) is 1. The third kappa shape index (κ3) is 3.74. The third-order valence-electron chi connectivity index (χ3n) is 5.25. The van der Waals surface area contributed by atoms with Crippen LogP contribution < -0.4 is 5.32 Å². The van der Waals surface area contributed by atoms with Gasteiger partial charge in [0.15, 0.2) is 0 Å². The second kappa shape index (κ2) is 6.45. The highest BCUT2D eigenvalue weighted by Crippen LogP contribution is 2.39. The third-order valence-corrected chi connectivity index (χ3v) is 5.25. The Morgan fingerprint density at radius 2 is 2.15 bits per heavy atom. The first kappa shape index (κ1) is 15.8. The number of hydrogen-bond acceptors (Lipinski definition) is 3. The molecule has 0 spiro atoms. The fourth-order valence-electron chi connectivity index (χ4n) is 3.87. The van der Waals surface area contributed by atoms with Crippen molar-refractivity contribution < 1.29 is 0 Å². The minimum absolute atomic E-state index is 0.262. The first-order chi connectivity index (χ1) is 9.47. The fraction of sp³-hybridized carbons (Fsp3) is 0.941. The van der Waals surface area contributed by atoms with Gasteiger partial charge in [-0.15, -0.1) is 0 Å². The molecule has 2 saturated carbocycles. The highest BCUT2D eigenvalue weighted by Gasteiger charge is 2.43. The largest absolute Gasteiger partial charge is 0.306 e. The van der Waals surface area contributed by atoms with E-state index in [0.29, 0.717) is 12.0 Å². The van der Waals surface area contributed by atoms with Gasteiger partial charge in [0.25, 0.3) is 0 Å². The zero-order valence-electron chi connectivity index (χ0n) is 13.7. The molecule has 4 atom stereocenters. The van der Waals surface area contributed by atoms with Crippen LogP contribution in [0.1, 0.15) is 52.9 Å². The van der Waals surface area contributed by atoms with E-state index in [2.05, 4.69) is 44.1 Å². The Hall–Kier alpha value is -0.590. The van der Waals surface area contributed by atoms with Crippen LogP contribution in [-0.2, 0) is 0 Å². The molecule has 20 heavy (non-hydrogen) atoms. The molecule has 0 aromatic carbocycles. The van der Waals surface area contributed by atoms with Crippen LogP contribution in [0.3, 0.4) is 0 Å². The molecule has 3 nitrogen and oxygen atoms in total. The Labute approximate surface area is 124 Å². The summed E-state index contributed by atoms with van der Waals surface area (Å²) in [6, 6.07) is 3.00. The molecule has 0 aromatic rings. The summed E-state index contributed by atoms with van der Waals surface area (Å²) >= 11 is 0. The molecule has 114 valence electrons. The molecule has 0 bridgehead atoms. The highest BCUT2D eigenvalue weighted by molar-refractivity contribution is 5.14. The molecule has 3 heteroatoms. The second-order valence-corrected chi connectivity index (χ2v) is 7.50. The summed E-state index contributed by atoms with van der Waals surface area (Å²) in [5.41, 5.74) is -0.262. The van der Waals surface area contributed by atoms with Gasteiger partial charge in [0, 0.05) is 12.6 Å². The number of nitriles is 1. The summed E-state index contributed by atoms with van der Waals surface area (Å²) in [7, 11) is 2.24. The first-order valence-electron chi connectivity index (χ1n) is 8.34. The lowest BCUT2D eigenvalue weighted by Gasteiger charge is -2.33. The van der Waals surface area contributed by atoms with Crippen LogP contribution >= 0.6 is 0 Å². The van der Waals surface area contributed by atoms with Crippen LogP contribution in [0, 0.1) is 29.1 Å². The summed E-state index contributed by atoms with van der Waals surface area (Å²) < 4.78 is 0. The zero-order valence-corrected chi connectivity index (χ0v) is 13.7. The Morgan fingerprint density at radius 3 is 2.70 bits per heavy atom. The Morgan fingerprint density at radius 1 is 1.45 bits per heavy atom. The van der Waals surface area contributed by atoms with E-state index in [1.54, 1.807) is 0 Å². The topological polar surface area (TPSA) is 39.1 Å². The number of rotatable bonds is 7. The molecule has 0 amide bonds. The average molecular weight is 277 g/mol. The number of nitrogens with zero attached hydrogens (tertiary/aromatic N) is 2. The average Bonchev–Trinajstić information content (AvgIpc) is 2.92. The highest BCUT2D eigenvalue weighted by atomic mass is 15.1. The SMILES string of the molecule is CC(C)NC1(C#N)CCCC1CCN(C)CC1CC1C. The fourth-order valence-corrected chi connectivity index (χ4v) is 3.87. The maximum atomic E-state index is 9.67. The molecule has 2 aliphatic carbocycles. The van der Waals surface area contributed by atoms with E-state index in [1.807, 2.05) is 0 Å². The summed E-state index contributed by atoms with van der Waals surface area (Å²) in [4.78, 5) is 2.48. The molecular formula is C17H31N3. The van der Waals surface area contributed by atoms with Crippen molar-refractivity contribution >= 4 is 0 Å². The predicted molar refractivity (Wildman–Crippen MR) is 83.3 cm³/mol. The van der Waals surface area contributed by atoms with Gasteiger partial charge < -0.3 is 4.90 Å². The lowest BCUT2D eigenvalue weighted by Crippen LogP contribution is -2.50. The van der Waals surface area contributed by atoms with Crippen LogP contribution in [-0.4, -0.2) is 36.6 Å². The van der Waals surface area contributed by atoms with Gasteiger partial charge in [-0.2, -0.15) is 5.26 Å². The van der Waals surface area contributed by atoms with Gasteiger partial charge in [-0.1, -0.05) is 13.3 Å². The van der Waals surface area contributed by atoms with Gasteiger partial charge in [0.1, 0.15) is 5.54 Å².